The van der Waals surface area contributed by atoms with Crippen LogP contribution in [0.3, 0.4) is 0 Å². The number of allylic oxidation sites excluding steroid dienone is 2. The van der Waals surface area contributed by atoms with E-state index in [0.717, 1.165) is 12.8 Å². The summed E-state index contributed by atoms with van der Waals surface area (Å²) in [6, 6.07) is 0. The highest BCUT2D eigenvalue weighted by Gasteiger charge is 2.04. The Morgan fingerprint density at radius 3 is 2.00 bits per heavy atom. The highest BCUT2D eigenvalue weighted by Crippen LogP contribution is 2.08. The fraction of sp³-hybridized carbons (Fsp3) is 0.800. The van der Waals surface area contributed by atoms with Crippen LogP contribution in [0.5, 0.6) is 0 Å². The predicted octanol–water partition coefficient (Wildman–Crippen LogP) is 4.72. The van der Waals surface area contributed by atoms with E-state index >= 15 is 0 Å². The molecule has 0 aliphatic carbocycles. The Hall–Kier alpha value is -1.52. The van der Waals surface area contributed by atoms with Crippen molar-refractivity contribution in [1.29, 1.82) is 0 Å². The van der Waals surface area contributed by atoms with Gasteiger partial charge in [-0.05, 0) is 32.1 Å². The Kier molecular flexibility index (Phi) is 17.7. The van der Waals surface area contributed by atoms with Crippen LogP contribution in [0.15, 0.2) is 12.2 Å². The molecule has 0 unspecified atom stereocenters. The van der Waals surface area contributed by atoms with Gasteiger partial charge in [0.1, 0.15) is 0 Å². The maximum Gasteiger partial charge on any atom is 0.407 e. The number of hydrogen-bond donors (Lipinski definition) is 2. The first-order valence-electron chi connectivity index (χ1n) is 9.97. The highest BCUT2D eigenvalue weighted by atomic mass is 16.6. The minimum absolute atomic E-state index is 0.227. The van der Waals surface area contributed by atoms with Gasteiger partial charge in [0, 0.05) is 13.6 Å². The van der Waals surface area contributed by atoms with E-state index in [9.17, 15) is 9.59 Å². The van der Waals surface area contributed by atoms with Gasteiger partial charge in [0.25, 0.3) is 5.91 Å². The van der Waals surface area contributed by atoms with Gasteiger partial charge in [-0.3, -0.25) is 4.79 Å². The van der Waals surface area contributed by atoms with E-state index in [0.29, 0.717) is 6.54 Å². The normalized spacial score (nSPS) is 10.8. The maximum absolute atomic E-state index is 11.3. The summed E-state index contributed by atoms with van der Waals surface area (Å²) in [5.41, 5.74) is 0. The molecule has 0 fully saturated rings. The molecule has 0 bridgehead atoms. The number of carbonyl (C=O) groups is 2. The van der Waals surface area contributed by atoms with Crippen LogP contribution < -0.4 is 10.6 Å². The quantitative estimate of drug-likeness (QED) is 0.311. The number of amides is 2. The van der Waals surface area contributed by atoms with Gasteiger partial charge < -0.3 is 15.4 Å². The van der Waals surface area contributed by atoms with E-state index in [-0.39, 0.29) is 12.5 Å². The van der Waals surface area contributed by atoms with Gasteiger partial charge in [-0.25, -0.2) is 4.79 Å². The first kappa shape index (κ1) is 23.5. The fourth-order valence-corrected chi connectivity index (χ4v) is 2.46. The van der Waals surface area contributed by atoms with Crippen LogP contribution in [-0.2, 0) is 9.53 Å². The molecule has 0 saturated heterocycles. The molecule has 0 aliphatic heterocycles. The summed E-state index contributed by atoms with van der Waals surface area (Å²) < 4.78 is 4.75. The van der Waals surface area contributed by atoms with E-state index in [1.807, 2.05) is 0 Å². The third-order valence-corrected chi connectivity index (χ3v) is 4.07. The Balaban J connectivity index is 3.22. The molecule has 0 rings (SSSR count). The molecule has 0 saturated carbocycles. The van der Waals surface area contributed by atoms with Crippen LogP contribution >= 0.6 is 0 Å². The number of unbranched alkanes of at least 4 members (excludes halogenated alkanes) is 10. The van der Waals surface area contributed by atoms with Gasteiger partial charge in [-0.15, -0.1) is 0 Å². The van der Waals surface area contributed by atoms with Crippen LogP contribution in [0.4, 0.5) is 4.79 Å². The molecule has 146 valence electrons. The second-order valence-corrected chi connectivity index (χ2v) is 6.41. The topological polar surface area (TPSA) is 67.4 Å². The lowest BCUT2D eigenvalue weighted by molar-refractivity contribution is -0.123. The average Bonchev–Trinajstić information content (AvgIpc) is 2.62. The lowest BCUT2D eigenvalue weighted by Gasteiger charge is -2.06. The Bertz CT molecular complexity index is 357. The monoisotopic (exact) mass is 354 g/mol. The fourth-order valence-electron chi connectivity index (χ4n) is 2.46. The largest absolute Gasteiger partial charge is 0.439 e. The molecule has 2 N–H and O–H groups in total. The van der Waals surface area contributed by atoms with Crippen molar-refractivity contribution in [2.75, 3.05) is 20.2 Å². The highest BCUT2D eigenvalue weighted by molar-refractivity contribution is 5.79. The zero-order chi connectivity index (χ0) is 18.6. The smallest absolute Gasteiger partial charge is 0.407 e. The van der Waals surface area contributed by atoms with E-state index < -0.39 is 6.09 Å². The standard InChI is InChI=1S/C20H38N2O3/c1-3-4-5-6-7-8-9-10-11-12-13-14-15-16-17-22-20(24)25-18-19(23)21-2/h8-9H,3-7,10-18H2,1-2H3,(H,21,23)(H,22,24). The van der Waals surface area contributed by atoms with Gasteiger partial charge >= 0.3 is 6.09 Å². The number of likely N-dealkylation sites (N-methyl/N-ethyl adjacent to an activating group) is 1. The maximum atomic E-state index is 11.3. The number of nitrogens with one attached hydrogen (secondary N) is 2. The first-order valence-corrected chi connectivity index (χ1v) is 9.97. The lowest BCUT2D eigenvalue weighted by atomic mass is 10.1. The minimum Gasteiger partial charge on any atom is -0.439 e. The summed E-state index contributed by atoms with van der Waals surface area (Å²) in [5, 5.41) is 5.05. The third kappa shape index (κ3) is 18.7. The number of ether oxygens (including phenoxy) is 1. The summed E-state index contributed by atoms with van der Waals surface area (Å²) in [7, 11) is 1.51. The minimum atomic E-state index is -0.523. The number of hydrogen-bond acceptors (Lipinski definition) is 3. The molecule has 0 radical (unpaired) electrons. The molecule has 0 aliphatic rings. The molecule has 5 nitrogen and oxygen atoms in total. The first-order chi connectivity index (χ1) is 12.2. The number of alkyl carbamates (subject to hydrolysis) is 1. The molecule has 0 aromatic heterocycles. The molecule has 2 amide bonds. The molecule has 0 aromatic carbocycles. The van der Waals surface area contributed by atoms with Gasteiger partial charge in [-0.2, -0.15) is 0 Å². The van der Waals surface area contributed by atoms with Crippen LogP contribution in [0.2, 0.25) is 0 Å². The summed E-state index contributed by atoms with van der Waals surface area (Å²) in [6.45, 7) is 2.62. The zero-order valence-corrected chi connectivity index (χ0v) is 16.3. The van der Waals surface area contributed by atoms with Crippen LogP contribution in [0.1, 0.15) is 84.0 Å². The van der Waals surface area contributed by atoms with Crippen LogP contribution in [0, 0.1) is 0 Å². The van der Waals surface area contributed by atoms with Crippen molar-refractivity contribution in [3.8, 4) is 0 Å². The van der Waals surface area contributed by atoms with Gasteiger partial charge in [0.15, 0.2) is 6.61 Å². The summed E-state index contributed by atoms with van der Waals surface area (Å²) in [4.78, 5) is 22.2. The summed E-state index contributed by atoms with van der Waals surface area (Å²) >= 11 is 0. The van der Waals surface area contributed by atoms with E-state index in [1.165, 1.54) is 71.3 Å². The third-order valence-electron chi connectivity index (χ3n) is 4.07. The van der Waals surface area contributed by atoms with Gasteiger partial charge in [-0.1, -0.05) is 64.0 Å². The zero-order valence-electron chi connectivity index (χ0n) is 16.3. The Morgan fingerprint density at radius 1 is 0.840 bits per heavy atom. The SMILES string of the molecule is CCCCCCC=CCCCCCCCCNC(=O)OCC(=O)NC. The van der Waals surface area contributed by atoms with Gasteiger partial charge in [0.05, 0.1) is 0 Å². The van der Waals surface area contributed by atoms with Crippen molar-refractivity contribution in [2.24, 2.45) is 0 Å². The molecule has 0 aromatic rings. The van der Waals surface area contributed by atoms with Crippen molar-refractivity contribution in [3.63, 3.8) is 0 Å². The lowest BCUT2D eigenvalue weighted by Crippen LogP contribution is -2.30. The Labute approximate surface area is 154 Å². The molecule has 0 atom stereocenters. The van der Waals surface area contributed by atoms with Crippen molar-refractivity contribution in [3.05, 3.63) is 12.2 Å². The van der Waals surface area contributed by atoms with Crippen LogP contribution in [-0.4, -0.2) is 32.2 Å². The van der Waals surface area contributed by atoms with Crippen LogP contribution in [0.25, 0.3) is 0 Å². The van der Waals surface area contributed by atoms with E-state index in [2.05, 4.69) is 29.7 Å². The van der Waals surface area contributed by atoms with Crippen molar-refractivity contribution in [2.45, 2.75) is 84.0 Å². The second kappa shape index (κ2) is 18.8. The molecule has 0 heterocycles. The predicted molar refractivity (Wildman–Crippen MR) is 104 cm³/mol. The Morgan fingerprint density at radius 2 is 1.40 bits per heavy atom. The van der Waals surface area contributed by atoms with E-state index in [4.69, 9.17) is 4.74 Å². The molecule has 0 spiro atoms. The van der Waals surface area contributed by atoms with Gasteiger partial charge in [0.2, 0.25) is 0 Å². The average molecular weight is 355 g/mol. The number of carbonyl (C=O) groups excluding carboxylic acids is 2. The van der Waals surface area contributed by atoms with Crippen molar-refractivity contribution >= 4 is 12.0 Å². The molecule has 5 heteroatoms. The molecular formula is C20H38N2O3. The second-order valence-electron chi connectivity index (χ2n) is 6.41. The molecule has 25 heavy (non-hydrogen) atoms. The van der Waals surface area contributed by atoms with E-state index in [1.54, 1.807) is 0 Å². The summed E-state index contributed by atoms with van der Waals surface area (Å²) in [5.74, 6) is -0.304. The summed E-state index contributed by atoms with van der Waals surface area (Å²) in [6.07, 6.45) is 19.0. The van der Waals surface area contributed by atoms with Crippen molar-refractivity contribution in [1.82, 2.24) is 10.6 Å². The number of rotatable bonds is 16. The van der Waals surface area contributed by atoms with Crippen molar-refractivity contribution < 1.29 is 14.3 Å². The molecular weight excluding hydrogens is 316 g/mol.